The third-order valence-corrected chi connectivity index (χ3v) is 6.15. The van der Waals surface area contributed by atoms with E-state index in [1.807, 2.05) is 0 Å². The molecule has 4 nitrogen and oxygen atoms in total. The van der Waals surface area contributed by atoms with E-state index in [0.717, 1.165) is 38.8 Å². The summed E-state index contributed by atoms with van der Waals surface area (Å²) in [6, 6.07) is 11.2. The minimum Gasteiger partial charge on any atom is -0.358 e. The van der Waals surface area contributed by atoms with Gasteiger partial charge in [0.05, 0.1) is 6.04 Å². The molecule has 0 spiro atoms. The van der Waals surface area contributed by atoms with Gasteiger partial charge < -0.3 is 10.3 Å². The molecule has 1 saturated carbocycles. The van der Waals surface area contributed by atoms with Crippen molar-refractivity contribution in [1.82, 2.24) is 15.2 Å². The molecule has 4 rings (SSSR count). The fourth-order valence-electron chi connectivity index (χ4n) is 4.47. The van der Waals surface area contributed by atoms with Crippen LogP contribution in [0.3, 0.4) is 0 Å². The zero-order chi connectivity index (χ0) is 17.2. The van der Waals surface area contributed by atoms with Crippen LogP contribution in [0.5, 0.6) is 0 Å². The van der Waals surface area contributed by atoms with Gasteiger partial charge in [0.25, 0.3) is 0 Å². The number of amides is 1. The van der Waals surface area contributed by atoms with Crippen LogP contribution in [-0.2, 0) is 4.79 Å². The predicted molar refractivity (Wildman–Crippen MR) is 102 cm³/mol. The van der Waals surface area contributed by atoms with Crippen molar-refractivity contribution in [3.05, 3.63) is 36.0 Å². The first kappa shape index (κ1) is 16.6. The molecule has 1 aliphatic heterocycles. The first-order valence-corrected chi connectivity index (χ1v) is 9.83. The second kappa shape index (κ2) is 7.20. The number of carbonyl (C=O) groups excluding carboxylic acids is 1. The summed E-state index contributed by atoms with van der Waals surface area (Å²) in [4.78, 5) is 18.4. The van der Waals surface area contributed by atoms with E-state index < -0.39 is 0 Å². The predicted octanol–water partition coefficient (Wildman–Crippen LogP) is 3.79. The van der Waals surface area contributed by atoms with Gasteiger partial charge in [0.1, 0.15) is 0 Å². The summed E-state index contributed by atoms with van der Waals surface area (Å²) in [5.74, 6) is 0.796. The summed E-state index contributed by atoms with van der Waals surface area (Å²) in [5.41, 5.74) is 2.58. The topological polar surface area (TPSA) is 48.1 Å². The van der Waals surface area contributed by atoms with Crippen LogP contribution in [0.4, 0.5) is 0 Å². The number of nitrogens with zero attached hydrogens (tertiary/aromatic N) is 1. The van der Waals surface area contributed by atoms with E-state index in [1.54, 1.807) is 0 Å². The summed E-state index contributed by atoms with van der Waals surface area (Å²) in [6.07, 6.45) is 7.06. The lowest BCUT2D eigenvalue weighted by molar-refractivity contribution is -0.127. The third kappa shape index (κ3) is 3.59. The number of aromatic nitrogens is 1. The maximum atomic E-state index is 12.5. The molecule has 2 N–H and O–H groups in total. The SMILES string of the molecule is C[C@@H](C(=O)NC1CCCC1)N1CCC(c2cc3ccccc3[nH]2)CC1. The van der Waals surface area contributed by atoms with Gasteiger partial charge in [-0.05, 0) is 63.2 Å². The Kier molecular flexibility index (Phi) is 4.80. The molecule has 2 aliphatic rings. The average Bonchev–Trinajstić information content (AvgIpc) is 3.30. The molecule has 2 heterocycles. The molecule has 2 aromatic rings. The summed E-state index contributed by atoms with van der Waals surface area (Å²) >= 11 is 0. The maximum Gasteiger partial charge on any atom is 0.237 e. The van der Waals surface area contributed by atoms with E-state index in [-0.39, 0.29) is 11.9 Å². The van der Waals surface area contributed by atoms with E-state index in [4.69, 9.17) is 0 Å². The van der Waals surface area contributed by atoms with Gasteiger partial charge in [-0.3, -0.25) is 9.69 Å². The van der Waals surface area contributed by atoms with Crippen LogP contribution in [0.25, 0.3) is 10.9 Å². The number of piperidine rings is 1. The lowest BCUT2D eigenvalue weighted by atomic mass is 9.92. The molecular weight excluding hydrogens is 310 g/mol. The van der Waals surface area contributed by atoms with Crippen LogP contribution in [0.1, 0.15) is 57.1 Å². The molecule has 1 saturated heterocycles. The van der Waals surface area contributed by atoms with Crippen LogP contribution >= 0.6 is 0 Å². The fraction of sp³-hybridized carbons (Fsp3) is 0.571. The largest absolute Gasteiger partial charge is 0.358 e. The van der Waals surface area contributed by atoms with Crippen LogP contribution in [0.15, 0.2) is 30.3 Å². The highest BCUT2D eigenvalue weighted by Gasteiger charge is 2.29. The van der Waals surface area contributed by atoms with Crippen molar-refractivity contribution in [3.63, 3.8) is 0 Å². The van der Waals surface area contributed by atoms with Gasteiger partial charge in [0, 0.05) is 23.2 Å². The van der Waals surface area contributed by atoms with Gasteiger partial charge in [-0.25, -0.2) is 0 Å². The number of para-hydroxylation sites is 1. The second-order valence-electron chi connectivity index (χ2n) is 7.79. The Morgan fingerprint density at radius 3 is 2.60 bits per heavy atom. The Labute approximate surface area is 150 Å². The molecule has 25 heavy (non-hydrogen) atoms. The van der Waals surface area contributed by atoms with E-state index in [2.05, 4.69) is 52.5 Å². The lowest BCUT2D eigenvalue weighted by Crippen LogP contribution is -2.50. The number of nitrogens with one attached hydrogen (secondary N) is 2. The minimum absolute atomic E-state index is 0.00994. The molecule has 134 valence electrons. The van der Waals surface area contributed by atoms with Crippen LogP contribution in [-0.4, -0.2) is 41.0 Å². The van der Waals surface area contributed by atoms with Crippen LogP contribution < -0.4 is 5.32 Å². The Morgan fingerprint density at radius 2 is 1.88 bits per heavy atom. The van der Waals surface area contributed by atoms with Gasteiger partial charge in [0.15, 0.2) is 0 Å². The van der Waals surface area contributed by atoms with Crippen molar-refractivity contribution >= 4 is 16.8 Å². The highest BCUT2D eigenvalue weighted by Crippen LogP contribution is 2.30. The number of H-pyrrole nitrogens is 1. The Morgan fingerprint density at radius 1 is 1.16 bits per heavy atom. The van der Waals surface area contributed by atoms with Crippen molar-refractivity contribution in [3.8, 4) is 0 Å². The second-order valence-corrected chi connectivity index (χ2v) is 7.79. The summed E-state index contributed by atoms with van der Waals surface area (Å²) in [5, 5.41) is 4.55. The normalized spacial score (nSPS) is 21.6. The number of rotatable bonds is 4. The van der Waals surface area contributed by atoms with E-state index in [0.29, 0.717) is 12.0 Å². The molecule has 0 radical (unpaired) electrons. The van der Waals surface area contributed by atoms with Crippen LogP contribution in [0.2, 0.25) is 0 Å². The lowest BCUT2D eigenvalue weighted by Gasteiger charge is -2.35. The van der Waals surface area contributed by atoms with Crippen molar-refractivity contribution in [1.29, 1.82) is 0 Å². The number of benzene rings is 1. The molecule has 0 unspecified atom stereocenters. The zero-order valence-electron chi connectivity index (χ0n) is 15.1. The minimum atomic E-state index is -0.00994. The molecule has 2 fully saturated rings. The smallest absolute Gasteiger partial charge is 0.237 e. The molecule has 1 atom stereocenters. The molecule has 1 aliphatic carbocycles. The van der Waals surface area contributed by atoms with E-state index in [9.17, 15) is 4.79 Å². The molecule has 4 heteroatoms. The maximum absolute atomic E-state index is 12.5. The van der Waals surface area contributed by atoms with Crippen molar-refractivity contribution in [2.75, 3.05) is 13.1 Å². The van der Waals surface area contributed by atoms with Gasteiger partial charge in [-0.2, -0.15) is 0 Å². The quantitative estimate of drug-likeness (QED) is 0.890. The van der Waals surface area contributed by atoms with Gasteiger partial charge in [0.2, 0.25) is 5.91 Å². The number of carbonyl (C=O) groups is 1. The molecule has 0 bridgehead atoms. The number of hydrogen-bond acceptors (Lipinski definition) is 2. The van der Waals surface area contributed by atoms with Gasteiger partial charge in [-0.1, -0.05) is 31.0 Å². The Balaban J connectivity index is 1.33. The number of fused-ring (bicyclic) bond motifs is 1. The Hall–Kier alpha value is -1.81. The first-order valence-electron chi connectivity index (χ1n) is 9.83. The molecule has 1 aromatic carbocycles. The van der Waals surface area contributed by atoms with Crippen LogP contribution in [0, 0.1) is 0 Å². The van der Waals surface area contributed by atoms with E-state index in [1.165, 1.54) is 29.4 Å². The average molecular weight is 339 g/mol. The summed E-state index contributed by atoms with van der Waals surface area (Å²) < 4.78 is 0. The molecular formula is C21H29N3O. The highest BCUT2D eigenvalue weighted by atomic mass is 16.2. The zero-order valence-corrected chi connectivity index (χ0v) is 15.1. The molecule has 1 aromatic heterocycles. The standard InChI is InChI=1S/C21H29N3O/c1-15(21(25)22-18-7-3-4-8-18)24-12-10-16(11-13-24)20-14-17-6-2-5-9-19(17)23-20/h2,5-6,9,14-16,18,23H,3-4,7-8,10-13H2,1H3,(H,22,25)/t15-/m0/s1. The van der Waals surface area contributed by atoms with Gasteiger partial charge in [-0.15, -0.1) is 0 Å². The van der Waals surface area contributed by atoms with Crippen molar-refractivity contribution < 1.29 is 4.79 Å². The van der Waals surface area contributed by atoms with Crippen molar-refractivity contribution in [2.24, 2.45) is 0 Å². The number of hydrogen-bond donors (Lipinski definition) is 2. The third-order valence-electron chi connectivity index (χ3n) is 6.15. The first-order chi connectivity index (χ1) is 12.2. The van der Waals surface area contributed by atoms with Gasteiger partial charge >= 0.3 is 0 Å². The number of aromatic amines is 1. The highest BCUT2D eigenvalue weighted by molar-refractivity contribution is 5.82. The summed E-state index contributed by atoms with van der Waals surface area (Å²) in [7, 11) is 0. The van der Waals surface area contributed by atoms with E-state index >= 15 is 0 Å². The van der Waals surface area contributed by atoms with Crippen molar-refractivity contribution in [2.45, 2.75) is 63.5 Å². The molecule has 1 amide bonds. The fourth-order valence-corrected chi connectivity index (χ4v) is 4.47. The Bertz CT molecular complexity index is 691. The monoisotopic (exact) mass is 339 g/mol. The number of likely N-dealkylation sites (tertiary alicyclic amines) is 1. The summed E-state index contributed by atoms with van der Waals surface area (Å²) in [6.45, 7) is 4.06.